The van der Waals surface area contributed by atoms with Crippen molar-refractivity contribution in [1.82, 2.24) is 4.98 Å². The number of nitrogens with two attached hydrogens (primary N) is 1. The number of benzene rings is 2. The van der Waals surface area contributed by atoms with Crippen molar-refractivity contribution in [2.45, 2.75) is 6.18 Å². The minimum absolute atomic E-state index is 0.166. The van der Waals surface area contributed by atoms with Gasteiger partial charge in [0.1, 0.15) is 5.52 Å². The molecule has 0 saturated carbocycles. The predicted octanol–water partition coefficient (Wildman–Crippen LogP) is 5.35. The number of alkyl halides is 3. The van der Waals surface area contributed by atoms with Gasteiger partial charge in [-0.25, -0.2) is 4.98 Å². The molecule has 0 aliphatic heterocycles. The van der Waals surface area contributed by atoms with Crippen LogP contribution >= 0.6 is 34.2 Å². The highest BCUT2D eigenvalue weighted by molar-refractivity contribution is 14.1. The molecule has 114 valence electrons. The topological polar surface area (TPSA) is 52.0 Å². The Labute approximate surface area is 141 Å². The second-order valence-corrected chi connectivity index (χ2v) is 6.10. The molecule has 0 unspecified atom stereocenters. The van der Waals surface area contributed by atoms with Crippen LogP contribution in [0.4, 0.5) is 18.9 Å². The Balaban J connectivity index is 2.11. The predicted molar refractivity (Wildman–Crippen MR) is 86.6 cm³/mol. The zero-order valence-corrected chi connectivity index (χ0v) is 13.6. The molecule has 3 rings (SSSR count). The van der Waals surface area contributed by atoms with Crippen molar-refractivity contribution < 1.29 is 17.6 Å². The molecular weight excluding hydrogens is 432 g/mol. The largest absolute Gasteiger partial charge is 0.434 e. The Kier molecular flexibility index (Phi) is 3.72. The van der Waals surface area contributed by atoms with E-state index < -0.39 is 11.7 Å². The summed E-state index contributed by atoms with van der Waals surface area (Å²) in [7, 11) is 0. The van der Waals surface area contributed by atoms with E-state index in [4.69, 9.17) is 21.8 Å². The molecule has 8 heteroatoms. The number of nitrogens with zero attached hydrogens (tertiary/aromatic N) is 1. The van der Waals surface area contributed by atoms with Crippen molar-refractivity contribution in [2.24, 2.45) is 0 Å². The molecule has 0 saturated heterocycles. The lowest BCUT2D eigenvalue weighted by Gasteiger charge is -2.05. The summed E-state index contributed by atoms with van der Waals surface area (Å²) in [5.41, 5.74) is 6.73. The van der Waals surface area contributed by atoms with Crippen LogP contribution in [0.25, 0.3) is 22.6 Å². The van der Waals surface area contributed by atoms with Crippen LogP contribution in [0.15, 0.2) is 34.7 Å². The summed E-state index contributed by atoms with van der Waals surface area (Å²) >= 11 is 8.10. The second kappa shape index (κ2) is 5.31. The molecule has 0 fully saturated rings. The third kappa shape index (κ3) is 2.63. The zero-order chi connectivity index (χ0) is 16.1. The molecule has 3 aromatic rings. The van der Waals surface area contributed by atoms with E-state index in [2.05, 4.69) is 4.98 Å². The molecule has 2 aromatic carbocycles. The smallest absolute Gasteiger partial charge is 0.416 e. The molecule has 0 spiro atoms. The maximum Gasteiger partial charge on any atom is 0.416 e. The van der Waals surface area contributed by atoms with Crippen molar-refractivity contribution >= 4 is 51.0 Å². The number of halogens is 5. The van der Waals surface area contributed by atoms with Crippen molar-refractivity contribution in [3.63, 3.8) is 0 Å². The van der Waals surface area contributed by atoms with Gasteiger partial charge in [0.25, 0.3) is 0 Å². The monoisotopic (exact) mass is 438 g/mol. The summed E-state index contributed by atoms with van der Waals surface area (Å²) in [6.07, 6.45) is -4.39. The number of hydrogen-bond donors (Lipinski definition) is 1. The molecule has 0 aliphatic carbocycles. The van der Waals surface area contributed by atoms with Crippen molar-refractivity contribution in [3.05, 3.63) is 44.5 Å². The van der Waals surface area contributed by atoms with Gasteiger partial charge in [-0.05, 0) is 52.9 Å². The molecule has 0 bridgehead atoms. The van der Waals surface area contributed by atoms with Gasteiger partial charge < -0.3 is 10.2 Å². The highest BCUT2D eigenvalue weighted by Crippen LogP contribution is 2.36. The second-order valence-electron chi connectivity index (χ2n) is 4.53. The van der Waals surface area contributed by atoms with Crippen molar-refractivity contribution in [2.75, 3.05) is 5.73 Å². The van der Waals surface area contributed by atoms with Crippen LogP contribution in [0.5, 0.6) is 0 Å². The fourth-order valence-corrected chi connectivity index (χ4v) is 2.95. The summed E-state index contributed by atoms with van der Waals surface area (Å²) in [4.78, 5) is 4.23. The Bertz CT molecular complexity index is 859. The molecule has 0 atom stereocenters. The van der Waals surface area contributed by atoms with Gasteiger partial charge in [0.2, 0.25) is 5.89 Å². The lowest BCUT2D eigenvalue weighted by molar-refractivity contribution is -0.137. The molecule has 22 heavy (non-hydrogen) atoms. The molecule has 2 N–H and O–H groups in total. The van der Waals surface area contributed by atoms with Gasteiger partial charge in [0.05, 0.1) is 16.3 Å². The average Bonchev–Trinajstić information content (AvgIpc) is 2.90. The fourth-order valence-electron chi connectivity index (χ4n) is 1.96. The quantitative estimate of drug-likeness (QED) is 0.411. The molecule has 3 nitrogen and oxygen atoms in total. The molecule has 1 heterocycles. The third-order valence-electron chi connectivity index (χ3n) is 3.07. The Morgan fingerprint density at radius 3 is 2.41 bits per heavy atom. The van der Waals surface area contributed by atoms with Gasteiger partial charge in [-0.2, -0.15) is 13.2 Å². The minimum Gasteiger partial charge on any atom is -0.434 e. The molecule has 0 amide bonds. The first-order valence-electron chi connectivity index (χ1n) is 5.99. The van der Waals surface area contributed by atoms with Crippen LogP contribution in [-0.4, -0.2) is 4.98 Å². The van der Waals surface area contributed by atoms with E-state index in [-0.39, 0.29) is 5.89 Å². The lowest BCUT2D eigenvalue weighted by atomic mass is 10.1. The maximum absolute atomic E-state index is 12.6. The van der Waals surface area contributed by atoms with Crippen LogP contribution in [0.3, 0.4) is 0 Å². The van der Waals surface area contributed by atoms with E-state index in [1.165, 1.54) is 12.1 Å². The van der Waals surface area contributed by atoms with Crippen molar-refractivity contribution in [1.29, 1.82) is 0 Å². The molecule has 0 radical (unpaired) electrons. The van der Waals surface area contributed by atoms with Crippen LogP contribution in [0.1, 0.15) is 5.56 Å². The number of fused-ring (bicyclic) bond motifs is 1. The van der Waals surface area contributed by atoms with Gasteiger partial charge >= 0.3 is 6.18 Å². The van der Waals surface area contributed by atoms with E-state index in [1.807, 2.05) is 22.6 Å². The van der Waals surface area contributed by atoms with E-state index in [0.717, 1.165) is 15.7 Å². The van der Waals surface area contributed by atoms with E-state index >= 15 is 0 Å². The van der Waals surface area contributed by atoms with E-state index in [0.29, 0.717) is 27.4 Å². The van der Waals surface area contributed by atoms with Crippen LogP contribution in [-0.2, 0) is 6.18 Å². The van der Waals surface area contributed by atoms with Gasteiger partial charge in [-0.15, -0.1) is 0 Å². The van der Waals surface area contributed by atoms with Crippen molar-refractivity contribution in [3.8, 4) is 11.5 Å². The summed E-state index contributed by atoms with van der Waals surface area (Å²) < 4.78 is 44.0. The zero-order valence-electron chi connectivity index (χ0n) is 10.7. The SMILES string of the molecule is Nc1c(I)cc(Cl)c2oc(-c3ccc(C(F)(F)F)cc3)nc12. The first-order chi connectivity index (χ1) is 10.3. The summed E-state index contributed by atoms with van der Waals surface area (Å²) in [5.74, 6) is 0.166. The number of rotatable bonds is 1. The Hall–Kier alpha value is -1.48. The van der Waals surface area contributed by atoms with Crippen LogP contribution < -0.4 is 5.73 Å². The lowest BCUT2D eigenvalue weighted by Crippen LogP contribution is -2.03. The standard InChI is InChI=1S/C14H7ClF3IN2O/c15-8-5-9(19)10(20)11-12(8)22-13(21-11)6-1-3-7(4-2-6)14(16,17)18/h1-5H,20H2. The maximum atomic E-state index is 12.6. The molecular formula is C14H7ClF3IN2O. The third-order valence-corrected chi connectivity index (χ3v) is 4.24. The first-order valence-corrected chi connectivity index (χ1v) is 7.44. The number of anilines is 1. The number of oxazole rings is 1. The molecule has 0 aliphatic rings. The molecule has 1 aromatic heterocycles. The first kappa shape index (κ1) is 15.4. The summed E-state index contributed by atoms with van der Waals surface area (Å²) in [6, 6.07) is 6.17. The van der Waals surface area contributed by atoms with Crippen LogP contribution in [0, 0.1) is 3.57 Å². The fraction of sp³-hybridized carbons (Fsp3) is 0.0714. The van der Waals surface area contributed by atoms with Gasteiger partial charge in [0.15, 0.2) is 5.58 Å². The Morgan fingerprint density at radius 1 is 1.18 bits per heavy atom. The van der Waals surface area contributed by atoms with Gasteiger partial charge in [-0.1, -0.05) is 11.6 Å². The average molecular weight is 439 g/mol. The van der Waals surface area contributed by atoms with Crippen LogP contribution in [0.2, 0.25) is 5.02 Å². The van der Waals surface area contributed by atoms with Gasteiger partial charge in [-0.3, -0.25) is 0 Å². The number of hydrogen-bond acceptors (Lipinski definition) is 3. The highest BCUT2D eigenvalue weighted by Gasteiger charge is 2.30. The summed E-state index contributed by atoms with van der Waals surface area (Å²) in [5, 5.41) is 0.347. The Morgan fingerprint density at radius 2 is 1.82 bits per heavy atom. The number of aromatic nitrogens is 1. The number of nitrogen functional groups attached to an aromatic ring is 1. The van der Waals surface area contributed by atoms with E-state index in [1.54, 1.807) is 6.07 Å². The minimum atomic E-state index is -4.39. The van der Waals surface area contributed by atoms with E-state index in [9.17, 15) is 13.2 Å². The normalized spacial score (nSPS) is 12.0. The summed E-state index contributed by atoms with van der Waals surface area (Å²) in [6.45, 7) is 0. The van der Waals surface area contributed by atoms with Gasteiger partial charge in [0, 0.05) is 9.13 Å². The highest BCUT2D eigenvalue weighted by atomic mass is 127.